The summed E-state index contributed by atoms with van der Waals surface area (Å²) in [7, 11) is 1.51. The van der Waals surface area contributed by atoms with E-state index in [1.165, 1.54) is 32.1 Å². The smallest absolute Gasteiger partial charge is 0.335 e. The molecule has 0 aliphatic carbocycles. The van der Waals surface area contributed by atoms with Crippen LogP contribution < -0.4 is 9.47 Å². The molecule has 21 heavy (non-hydrogen) atoms. The average Bonchev–Trinajstić information content (AvgIpc) is 2.47. The summed E-state index contributed by atoms with van der Waals surface area (Å²) < 4.78 is 11.7. The van der Waals surface area contributed by atoms with Crippen LogP contribution in [0.15, 0.2) is 16.6 Å². The highest BCUT2D eigenvalue weighted by Gasteiger charge is 2.16. The van der Waals surface area contributed by atoms with Crippen LogP contribution in [0.25, 0.3) is 0 Å². The molecule has 5 heteroatoms. The van der Waals surface area contributed by atoms with E-state index in [-0.39, 0.29) is 5.56 Å². The second-order valence-electron chi connectivity index (χ2n) is 5.02. The largest absolute Gasteiger partial charge is 0.493 e. The summed E-state index contributed by atoms with van der Waals surface area (Å²) in [5.41, 5.74) is 0.170. The van der Waals surface area contributed by atoms with Crippen LogP contribution in [0.4, 0.5) is 0 Å². The fourth-order valence-electron chi connectivity index (χ4n) is 2.08. The van der Waals surface area contributed by atoms with E-state index in [4.69, 9.17) is 14.6 Å². The van der Waals surface area contributed by atoms with Crippen LogP contribution in [-0.2, 0) is 0 Å². The second kappa shape index (κ2) is 8.93. The van der Waals surface area contributed by atoms with E-state index in [2.05, 4.69) is 29.8 Å². The van der Waals surface area contributed by atoms with Crippen LogP contribution in [0.1, 0.15) is 49.9 Å². The normalized spacial score (nSPS) is 12.0. The number of aromatic carboxylic acids is 1. The van der Waals surface area contributed by atoms with Crippen LogP contribution in [0.5, 0.6) is 11.5 Å². The van der Waals surface area contributed by atoms with Gasteiger partial charge in [0.1, 0.15) is 0 Å². The van der Waals surface area contributed by atoms with Gasteiger partial charge in [0.25, 0.3) is 0 Å². The fourth-order valence-corrected chi connectivity index (χ4v) is 2.64. The van der Waals surface area contributed by atoms with Gasteiger partial charge in [-0.25, -0.2) is 4.79 Å². The van der Waals surface area contributed by atoms with E-state index in [9.17, 15) is 4.79 Å². The molecule has 0 heterocycles. The molecule has 1 N–H and O–H groups in total. The maximum atomic E-state index is 11.0. The third kappa shape index (κ3) is 5.23. The van der Waals surface area contributed by atoms with Gasteiger partial charge < -0.3 is 14.6 Å². The number of hydrogen-bond acceptors (Lipinski definition) is 3. The predicted molar refractivity (Wildman–Crippen MR) is 86.5 cm³/mol. The zero-order valence-electron chi connectivity index (χ0n) is 12.8. The van der Waals surface area contributed by atoms with Crippen molar-refractivity contribution in [1.29, 1.82) is 0 Å². The average molecular weight is 359 g/mol. The minimum Gasteiger partial charge on any atom is -0.493 e. The lowest BCUT2D eigenvalue weighted by Crippen LogP contribution is -2.12. The number of benzene rings is 1. The molecule has 0 saturated carbocycles. The number of rotatable bonds is 9. The predicted octanol–water partition coefficient (Wildman–Crippen LogP) is 4.75. The zero-order valence-corrected chi connectivity index (χ0v) is 14.4. The number of halogens is 1. The maximum absolute atomic E-state index is 11.0. The first-order valence-electron chi connectivity index (χ1n) is 7.27. The molecule has 0 bridgehead atoms. The fraction of sp³-hybridized carbons (Fsp3) is 0.562. The van der Waals surface area contributed by atoms with E-state index < -0.39 is 5.97 Å². The molecule has 4 nitrogen and oxygen atoms in total. The van der Waals surface area contributed by atoms with Gasteiger partial charge in [0, 0.05) is 0 Å². The van der Waals surface area contributed by atoms with Gasteiger partial charge in [-0.3, -0.25) is 0 Å². The SMILES string of the molecule is CCCCC(CC)COc1c(Br)cc(C(=O)O)cc1OC. The van der Waals surface area contributed by atoms with Crippen LogP contribution in [-0.4, -0.2) is 24.8 Å². The molecule has 1 rings (SSSR count). The number of hydrogen-bond donors (Lipinski definition) is 1. The summed E-state index contributed by atoms with van der Waals surface area (Å²) in [6.45, 7) is 4.94. The molecular formula is C16H23BrO4. The Labute approximate surface area is 134 Å². The van der Waals surface area contributed by atoms with Crippen LogP contribution >= 0.6 is 15.9 Å². The molecule has 0 amide bonds. The van der Waals surface area contributed by atoms with E-state index in [1.54, 1.807) is 0 Å². The molecule has 0 aliphatic heterocycles. The summed E-state index contributed by atoms with van der Waals surface area (Å²) >= 11 is 3.36. The van der Waals surface area contributed by atoms with Gasteiger partial charge in [0.15, 0.2) is 11.5 Å². The van der Waals surface area contributed by atoms with E-state index in [0.717, 1.165) is 12.8 Å². The van der Waals surface area contributed by atoms with E-state index in [1.807, 2.05) is 0 Å². The highest BCUT2D eigenvalue weighted by molar-refractivity contribution is 9.10. The number of carboxylic acid groups (broad SMARTS) is 1. The number of unbranched alkanes of at least 4 members (excludes halogenated alkanes) is 1. The molecule has 1 atom stereocenters. The minimum atomic E-state index is -0.991. The van der Waals surface area contributed by atoms with Crippen LogP contribution in [0.2, 0.25) is 0 Å². The van der Waals surface area contributed by atoms with Crippen molar-refractivity contribution in [3.8, 4) is 11.5 Å². The highest BCUT2D eigenvalue weighted by Crippen LogP contribution is 2.37. The van der Waals surface area contributed by atoms with Gasteiger partial charge in [-0.1, -0.05) is 33.1 Å². The molecule has 0 aromatic heterocycles. The molecule has 0 aliphatic rings. The number of ether oxygens (including phenoxy) is 2. The van der Waals surface area contributed by atoms with Crippen molar-refractivity contribution in [2.75, 3.05) is 13.7 Å². The quantitative estimate of drug-likeness (QED) is 0.691. The van der Waals surface area contributed by atoms with Crippen molar-refractivity contribution in [3.63, 3.8) is 0 Å². The van der Waals surface area contributed by atoms with Gasteiger partial charge >= 0.3 is 5.97 Å². The Balaban J connectivity index is 2.84. The van der Waals surface area contributed by atoms with Gasteiger partial charge in [0.05, 0.1) is 23.8 Å². The second-order valence-corrected chi connectivity index (χ2v) is 5.88. The Morgan fingerprint density at radius 1 is 1.38 bits per heavy atom. The molecule has 1 aromatic carbocycles. The standard InChI is InChI=1S/C16H23BrO4/c1-4-6-7-11(5-2)10-21-15-13(17)8-12(16(18)19)9-14(15)20-3/h8-9,11H,4-7,10H2,1-3H3,(H,18,19). The van der Waals surface area contributed by atoms with Crippen molar-refractivity contribution in [2.45, 2.75) is 39.5 Å². The monoisotopic (exact) mass is 358 g/mol. The number of carbonyl (C=O) groups is 1. The van der Waals surface area contributed by atoms with Gasteiger partial charge in [-0.2, -0.15) is 0 Å². The van der Waals surface area contributed by atoms with Crippen molar-refractivity contribution < 1.29 is 19.4 Å². The summed E-state index contributed by atoms with van der Waals surface area (Å²) in [5, 5.41) is 9.06. The summed E-state index contributed by atoms with van der Waals surface area (Å²) in [6.07, 6.45) is 4.57. The molecular weight excluding hydrogens is 336 g/mol. The molecule has 0 radical (unpaired) electrons. The Morgan fingerprint density at radius 3 is 2.62 bits per heavy atom. The first kappa shape index (κ1) is 17.8. The van der Waals surface area contributed by atoms with Crippen molar-refractivity contribution in [1.82, 2.24) is 0 Å². The Hall–Kier alpha value is -1.23. The van der Waals surface area contributed by atoms with E-state index >= 15 is 0 Å². The molecule has 0 fully saturated rings. The zero-order chi connectivity index (χ0) is 15.8. The molecule has 1 aromatic rings. The lowest BCUT2D eigenvalue weighted by molar-refractivity contribution is 0.0696. The third-order valence-electron chi connectivity index (χ3n) is 3.48. The van der Waals surface area contributed by atoms with E-state index in [0.29, 0.717) is 28.5 Å². The molecule has 1 unspecified atom stereocenters. The van der Waals surface area contributed by atoms with Crippen molar-refractivity contribution in [3.05, 3.63) is 22.2 Å². The number of carboxylic acids is 1. The van der Waals surface area contributed by atoms with Gasteiger partial charge in [0.2, 0.25) is 0 Å². The number of methoxy groups -OCH3 is 1. The first-order valence-corrected chi connectivity index (χ1v) is 8.06. The highest BCUT2D eigenvalue weighted by atomic mass is 79.9. The molecule has 0 spiro atoms. The minimum absolute atomic E-state index is 0.170. The summed E-state index contributed by atoms with van der Waals surface area (Å²) in [4.78, 5) is 11.0. The van der Waals surface area contributed by atoms with Gasteiger partial charge in [-0.15, -0.1) is 0 Å². The lowest BCUT2D eigenvalue weighted by Gasteiger charge is -2.18. The molecule has 118 valence electrons. The Bertz CT molecular complexity index is 474. The molecule has 0 saturated heterocycles. The van der Waals surface area contributed by atoms with Crippen molar-refractivity contribution in [2.24, 2.45) is 5.92 Å². The maximum Gasteiger partial charge on any atom is 0.335 e. The lowest BCUT2D eigenvalue weighted by atomic mass is 10.0. The van der Waals surface area contributed by atoms with Crippen molar-refractivity contribution >= 4 is 21.9 Å². The van der Waals surface area contributed by atoms with Gasteiger partial charge in [-0.05, 0) is 40.4 Å². The summed E-state index contributed by atoms with van der Waals surface area (Å²) in [6, 6.07) is 3.02. The third-order valence-corrected chi connectivity index (χ3v) is 4.07. The summed E-state index contributed by atoms with van der Waals surface area (Å²) in [5.74, 6) is 0.514. The van der Waals surface area contributed by atoms with Crippen LogP contribution in [0, 0.1) is 5.92 Å². The van der Waals surface area contributed by atoms with Crippen LogP contribution in [0.3, 0.4) is 0 Å². The topological polar surface area (TPSA) is 55.8 Å². The Morgan fingerprint density at radius 2 is 2.10 bits per heavy atom. The first-order chi connectivity index (χ1) is 10.0. The Kier molecular flexibility index (Phi) is 7.57.